The van der Waals surface area contributed by atoms with Crippen molar-refractivity contribution in [3.8, 4) is 0 Å². The Morgan fingerprint density at radius 3 is 2.76 bits per heavy atom. The van der Waals surface area contributed by atoms with Gasteiger partial charge in [-0.15, -0.1) is 0 Å². The number of hydrogen-bond donors (Lipinski definition) is 0. The first-order chi connectivity index (χ1) is 13.9. The van der Waals surface area contributed by atoms with Crippen LogP contribution in [0.4, 0.5) is 0 Å². The zero-order valence-corrected chi connectivity index (χ0v) is 18.4. The van der Waals surface area contributed by atoms with Gasteiger partial charge >= 0.3 is 0 Å². The van der Waals surface area contributed by atoms with Crippen molar-refractivity contribution in [1.29, 1.82) is 0 Å². The number of sulfone groups is 1. The quantitative estimate of drug-likeness (QED) is 0.579. The molecule has 2 aromatic rings. The van der Waals surface area contributed by atoms with Crippen molar-refractivity contribution in [2.45, 2.75) is 63.3 Å². The van der Waals surface area contributed by atoms with Gasteiger partial charge < -0.3 is 13.8 Å². The molecule has 0 radical (unpaired) electrons. The Bertz CT molecular complexity index is 857. The van der Waals surface area contributed by atoms with Crippen molar-refractivity contribution in [3.05, 3.63) is 29.9 Å². The molecule has 1 aliphatic carbocycles. The molecule has 1 fully saturated rings. The molecule has 1 saturated carbocycles. The highest BCUT2D eigenvalue weighted by atomic mass is 32.2. The van der Waals surface area contributed by atoms with Crippen LogP contribution in [0.5, 0.6) is 0 Å². The fraction of sp³-hybridized carbons (Fsp3) is 0.700. The monoisotopic (exact) mass is 424 g/mol. The maximum absolute atomic E-state index is 13.1. The maximum Gasteiger partial charge on any atom is 0.227 e. The van der Waals surface area contributed by atoms with Crippen molar-refractivity contribution in [2.24, 2.45) is 5.92 Å². The standard InChI is InChI=1S/C20H32N4O4S/c1-16(19-9-11-28-22-19)23(2)14-18-13-21-20(24(18)10-12-27-3)29(25,26)15-17-7-5-4-6-8-17/h9,11,13,16-17H,4-8,10,12,14-15H2,1-3H3/t16-/m0/s1. The summed E-state index contributed by atoms with van der Waals surface area (Å²) < 4.78 is 38.3. The minimum atomic E-state index is -3.45. The molecule has 0 bridgehead atoms. The first-order valence-corrected chi connectivity index (χ1v) is 11.9. The van der Waals surface area contributed by atoms with Gasteiger partial charge in [-0.3, -0.25) is 4.90 Å². The summed E-state index contributed by atoms with van der Waals surface area (Å²) in [5, 5.41) is 4.17. The molecule has 0 amide bonds. The van der Waals surface area contributed by atoms with Crippen molar-refractivity contribution in [2.75, 3.05) is 26.5 Å². The van der Waals surface area contributed by atoms with E-state index in [9.17, 15) is 8.42 Å². The molecule has 29 heavy (non-hydrogen) atoms. The first-order valence-electron chi connectivity index (χ1n) is 10.3. The smallest absolute Gasteiger partial charge is 0.227 e. The van der Waals surface area contributed by atoms with Crippen LogP contribution in [0.3, 0.4) is 0 Å². The average Bonchev–Trinajstić information content (AvgIpc) is 3.36. The SMILES string of the molecule is COCCn1c(CN(C)[C@@H](C)c2ccon2)cnc1S(=O)(=O)CC1CCCCC1. The van der Waals surface area contributed by atoms with Crippen LogP contribution in [0.25, 0.3) is 0 Å². The van der Waals surface area contributed by atoms with Crippen LogP contribution >= 0.6 is 0 Å². The lowest BCUT2D eigenvalue weighted by molar-refractivity contribution is 0.180. The van der Waals surface area contributed by atoms with E-state index in [4.69, 9.17) is 9.26 Å². The van der Waals surface area contributed by atoms with Crippen LogP contribution in [0.2, 0.25) is 0 Å². The molecule has 8 nitrogen and oxygen atoms in total. The minimum absolute atomic E-state index is 0.0295. The molecule has 0 N–H and O–H groups in total. The topological polar surface area (TPSA) is 90.5 Å². The van der Waals surface area contributed by atoms with Gasteiger partial charge in [0.15, 0.2) is 0 Å². The van der Waals surface area contributed by atoms with Gasteiger partial charge in [0.25, 0.3) is 0 Å². The summed E-state index contributed by atoms with van der Waals surface area (Å²) in [5.74, 6) is 0.418. The van der Waals surface area contributed by atoms with Gasteiger partial charge in [-0.2, -0.15) is 0 Å². The van der Waals surface area contributed by atoms with Crippen LogP contribution < -0.4 is 0 Å². The Morgan fingerprint density at radius 1 is 1.34 bits per heavy atom. The van der Waals surface area contributed by atoms with Crippen LogP contribution in [0.15, 0.2) is 28.2 Å². The highest BCUT2D eigenvalue weighted by molar-refractivity contribution is 7.91. The Kier molecular flexibility index (Phi) is 7.48. The van der Waals surface area contributed by atoms with E-state index in [0.29, 0.717) is 19.7 Å². The van der Waals surface area contributed by atoms with E-state index >= 15 is 0 Å². The molecule has 9 heteroatoms. The highest BCUT2D eigenvalue weighted by Crippen LogP contribution is 2.27. The van der Waals surface area contributed by atoms with Crippen molar-refractivity contribution in [1.82, 2.24) is 19.6 Å². The molecule has 0 saturated heterocycles. The third kappa shape index (κ3) is 5.46. The molecule has 1 aliphatic rings. The van der Waals surface area contributed by atoms with E-state index in [0.717, 1.165) is 37.1 Å². The summed E-state index contributed by atoms with van der Waals surface area (Å²) in [4.78, 5) is 6.43. The molecule has 1 atom stereocenters. The predicted octanol–water partition coefficient (Wildman–Crippen LogP) is 3.06. The molecule has 2 aromatic heterocycles. The number of aromatic nitrogens is 3. The fourth-order valence-electron chi connectivity index (χ4n) is 3.98. The second-order valence-electron chi connectivity index (χ2n) is 7.98. The number of rotatable bonds is 10. The lowest BCUT2D eigenvalue weighted by Crippen LogP contribution is -2.26. The van der Waals surface area contributed by atoms with E-state index in [1.165, 1.54) is 6.42 Å². The lowest BCUT2D eigenvalue weighted by atomic mass is 9.91. The molecule has 0 aromatic carbocycles. The Labute approximate surface area is 173 Å². The molecule has 0 aliphatic heterocycles. The normalized spacial score (nSPS) is 17.1. The lowest BCUT2D eigenvalue weighted by Gasteiger charge is -2.24. The van der Waals surface area contributed by atoms with E-state index in [1.54, 1.807) is 24.1 Å². The van der Waals surface area contributed by atoms with Crippen LogP contribution in [0, 0.1) is 5.92 Å². The van der Waals surface area contributed by atoms with E-state index in [-0.39, 0.29) is 22.9 Å². The second-order valence-corrected chi connectivity index (χ2v) is 9.91. The van der Waals surface area contributed by atoms with Crippen LogP contribution in [-0.2, 0) is 27.7 Å². The predicted molar refractivity (Wildman–Crippen MR) is 109 cm³/mol. The van der Waals surface area contributed by atoms with Gasteiger partial charge in [-0.05, 0) is 32.7 Å². The molecular formula is C20H32N4O4S. The van der Waals surface area contributed by atoms with Gasteiger partial charge in [0.2, 0.25) is 15.0 Å². The summed E-state index contributed by atoms with van der Waals surface area (Å²) in [7, 11) is 0.143. The summed E-state index contributed by atoms with van der Waals surface area (Å²) in [6, 6.07) is 1.87. The number of methoxy groups -OCH3 is 1. The van der Waals surface area contributed by atoms with Gasteiger partial charge in [-0.25, -0.2) is 13.4 Å². The Balaban J connectivity index is 1.80. The fourth-order valence-corrected chi connectivity index (χ4v) is 5.84. The van der Waals surface area contributed by atoms with Gasteiger partial charge in [0, 0.05) is 26.3 Å². The molecule has 2 heterocycles. The zero-order valence-electron chi connectivity index (χ0n) is 17.6. The highest BCUT2D eigenvalue weighted by Gasteiger charge is 2.28. The number of nitrogens with zero attached hydrogens (tertiary/aromatic N) is 4. The van der Waals surface area contributed by atoms with E-state index in [2.05, 4.69) is 15.0 Å². The molecule has 0 unspecified atom stereocenters. The zero-order chi connectivity index (χ0) is 20.9. The van der Waals surface area contributed by atoms with Crippen molar-refractivity contribution < 1.29 is 17.7 Å². The average molecular weight is 425 g/mol. The third-order valence-electron chi connectivity index (χ3n) is 5.84. The number of imidazole rings is 1. The molecule has 162 valence electrons. The Morgan fingerprint density at radius 2 is 2.10 bits per heavy atom. The van der Waals surface area contributed by atoms with E-state index in [1.807, 2.05) is 20.0 Å². The van der Waals surface area contributed by atoms with Gasteiger partial charge in [0.1, 0.15) is 12.0 Å². The minimum Gasteiger partial charge on any atom is -0.383 e. The van der Waals surface area contributed by atoms with Crippen molar-refractivity contribution in [3.63, 3.8) is 0 Å². The summed E-state index contributed by atoms with van der Waals surface area (Å²) in [5.41, 5.74) is 1.68. The van der Waals surface area contributed by atoms with Crippen LogP contribution in [-0.4, -0.2) is 54.5 Å². The van der Waals surface area contributed by atoms with E-state index < -0.39 is 9.84 Å². The summed E-state index contributed by atoms with van der Waals surface area (Å²) >= 11 is 0. The largest absolute Gasteiger partial charge is 0.383 e. The second kappa shape index (κ2) is 9.86. The maximum atomic E-state index is 13.1. The van der Waals surface area contributed by atoms with Gasteiger partial charge in [-0.1, -0.05) is 24.4 Å². The van der Waals surface area contributed by atoms with Gasteiger partial charge in [0.05, 0.1) is 30.3 Å². The Hall–Kier alpha value is -1.71. The molecule has 0 spiro atoms. The first kappa shape index (κ1) is 22.0. The summed E-state index contributed by atoms with van der Waals surface area (Å²) in [6.45, 7) is 3.47. The number of hydrogen-bond acceptors (Lipinski definition) is 7. The number of ether oxygens (including phenoxy) is 1. The van der Waals surface area contributed by atoms with Crippen molar-refractivity contribution >= 4 is 9.84 Å². The molecule has 3 rings (SSSR count). The third-order valence-corrected chi connectivity index (χ3v) is 7.63. The molecular weight excluding hydrogens is 392 g/mol. The van der Waals surface area contributed by atoms with Crippen LogP contribution in [0.1, 0.15) is 56.5 Å². The summed E-state index contributed by atoms with van der Waals surface area (Å²) in [6.07, 6.45) is 8.65.